The van der Waals surface area contributed by atoms with E-state index >= 15 is 0 Å². The van der Waals surface area contributed by atoms with Gasteiger partial charge in [0.15, 0.2) is 5.82 Å². The zero-order chi connectivity index (χ0) is 14.8. The van der Waals surface area contributed by atoms with Gasteiger partial charge in [0.05, 0.1) is 6.42 Å². The number of H-pyrrole nitrogens is 1. The number of carbonyl (C=O) groups excluding carboxylic acids is 1. The van der Waals surface area contributed by atoms with E-state index in [4.69, 9.17) is 0 Å². The van der Waals surface area contributed by atoms with E-state index in [0.717, 1.165) is 31.0 Å². The molecule has 1 aliphatic heterocycles. The molecule has 1 amide bonds. The second-order valence-corrected chi connectivity index (χ2v) is 5.43. The Morgan fingerprint density at radius 1 is 1.43 bits per heavy atom. The Hall–Kier alpha value is -2.25. The summed E-state index contributed by atoms with van der Waals surface area (Å²) in [7, 11) is 0. The SMILES string of the molecule is Cc1nc([C@@H]2CCCN(C(=O)Cc3nonc3C)C2)n[nH]1. The average molecular weight is 290 g/mol. The first-order valence-corrected chi connectivity index (χ1v) is 7.08. The number of likely N-dealkylation sites (tertiary alicyclic amines) is 1. The Bertz CT molecular complexity index is 634. The van der Waals surface area contributed by atoms with Crippen molar-refractivity contribution in [1.29, 1.82) is 0 Å². The molecule has 1 N–H and O–H groups in total. The van der Waals surface area contributed by atoms with Crippen molar-refractivity contribution in [2.75, 3.05) is 13.1 Å². The summed E-state index contributed by atoms with van der Waals surface area (Å²) in [6, 6.07) is 0. The van der Waals surface area contributed by atoms with Crippen LogP contribution in [0.5, 0.6) is 0 Å². The van der Waals surface area contributed by atoms with Gasteiger partial charge in [-0.05, 0) is 26.7 Å². The molecule has 0 radical (unpaired) electrons. The Morgan fingerprint density at radius 3 is 2.95 bits per heavy atom. The van der Waals surface area contributed by atoms with Gasteiger partial charge in [-0.2, -0.15) is 5.10 Å². The van der Waals surface area contributed by atoms with Crippen LogP contribution in [0.1, 0.15) is 41.8 Å². The van der Waals surface area contributed by atoms with Crippen LogP contribution in [0.2, 0.25) is 0 Å². The highest BCUT2D eigenvalue weighted by molar-refractivity contribution is 5.78. The number of nitrogens with zero attached hydrogens (tertiary/aromatic N) is 5. The molecule has 1 atom stereocenters. The number of rotatable bonds is 3. The molecule has 0 aromatic carbocycles. The maximum absolute atomic E-state index is 12.4. The number of aromatic nitrogens is 5. The summed E-state index contributed by atoms with van der Waals surface area (Å²) < 4.78 is 4.63. The first-order chi connectivity index (χ1) is 10.1. The minimum absolute atomic E-state index is 0.0470. The third-order valence-electron chi connectivity index (χ3n) is 3.82. The lowest BCUT2D eigenvalue weighted by molar-refractivity contribution is -0.131. The molecule has 2 aromatic rings. The van der Waals surface area contributed by atoms with E-state index in [0.29, 0.717) is 17.9 Å². The number of hydrogen-bond acceptors (Lipinski definition) is 6. The lowest BCUT2D eigenvalue weighted by Crippen LogP contribution is -2.40. The predicted molar refractivity (Wildman–Crippen MR) is 72.4 cm³/mol. The quantitative estimate of drug-likeness (QED) is 0.895. The molecule has 0 unspecified atom stereocenters. The lowest BCUT2D eigenvalue weighted by Gasteiger charge is -2.31. The van der Waals surface area contributed by atoms with Gasteiger partial charge in [0.2, 0.25) is 5.91 Å². The standard InChI is InChI=1S/C13H18N6O2/c1-8-11(18-21-17-8)6-12(20)19-5-3-4-10(7-19)13-14-9(2)15-16-13/h10H,3-7H2,1-2H3,(H,14,15,16)/t10-/m1/s1. The fourth-order valence-electron chi connectivity index (χ4n) is 2.62. The van der Waals surface area contributed by atoms with E-state index in [9.17, 15) is 4.79 Å². The van der Waals surface area contributed by atoms with Crippen LogP contribution in [0.25, 0.3) is 0 Å². The lowest BCUT2D eigenvalue weighted by atomic mass is 9.97. The smallest absolute Gasteiger partial charge is 0.228 e. The first-order valence-electron chi connectivity index (χ1n) is 7.08. The molecule has 8 nitrogen and oxygen atoms in total. The van der Waals surface area contributed by atoms with Gasteiger partial charge in [-0.25, -0.2) is 9.61 Å². The summed E-state index contributed by atoms with van der Waals surface area (Å²) in [5, 5.41) is 14.5. The molecule has 1 saturated heterocycles. The normalized spacial score (nSPS) is 19.0. The number of nitrogens with one attached hydrogen (secondary N) is 1. The topological polar surface area (TPSA) is 101 Å². The fourth-order valence-corrected chi connectivity index (χ4v) is 2.62. The van der Waals surface area contributed by atoms with Crippen molar-refractivity contribution >= 4 is 5.91 Å². The maximum atomic E-state index is 12.4. The molecule has 0 aliphatic carbocycles. The van der Waals surface area contributed by atoms with Gasteiger partial charge in [0.1, 0.15) is 17.2 Å². The average Bonchev–Trinajstić information content (AvgIpc) is 3.08. The van der Waals surface area contributed by atoms with E-state index in [1.165, 1.54) is 0 Å². The monoisotopic (exact) mass is 290 g/mol. The van der Waals surface area contributed by atoms with Crippen LogP contribution in [0.3, 0.4) is 0 Å². The highest BCUT2D eigenvalue weighted by Gasteiger charge is 2.27. The molecule has 3 rings (SSSR count). The second-order valence-electron chi connectivity index (χ2n) is 5.43. The number of aromatic amines is 1. The Labute approximate surface area is 121 Å². The van der Waals surface area contributed by atoms with Crippen LogP contribution in [0, 0.1) is 13.8 Å². The van der Waals surface area contributed by atoms with Gasteiger partial charge in [-0.1, -0.05) is 10.3 Å². The molecule has 0 bridgehead atoms. The summed E-state index contributed by atoms with van der Waals surface area (Å²) in [6.45, 7) is 5.08. The van der Waals surface area contributed by atoms with Crippen LogP contribution in [-0.4, -0.2) is 49.4 Å². The van der Waals surface area contributed by atoms with Crippen LogP contribution in [0.4, 0.5) is 0 Å². The largest absolute Gasteiger partial charge is 0.342 e. The summed E-state index contributed by atoms with van der Waals surface area (Å²) in [5.41, 5.74) is 1.28. The molecule has 0 saturated carbocycles. The third-order valence-corrected chi connectivity index (χ3v) is 3.82. The molecule has 3 heterocycles. The summed E-state index contributed by atoms with van der Waals surface area (Å²) in [6.07, 6.45) is 2.20. The van der Waals surface area contributed by atoms with E-state index in [1.807, 2.05) is 11.8 Å². The number of hydrogen-bond donors (Lipinski definition) is 1. The molecule has 21 heavy (non-hydrogen) atoms. The molecular formula is C13H18N6O2. The Balaban J connectivity index is 1.65. The minimum Gasteiger partial charge on any atom is -0.342 e. The number of carbonyl (C=O) groups is 1. The van der Waals surface area contributed by atoms with E-state index in [-0.39, 0.29) is 18.2 Å². The molecular weight excluding hydrogens is 272 g/mol. The molecule has 2 aromatic heterocycles. The highest BCUT2D eigenvalue weighted by atomic mass is 16.6. The summed E-state index contributed by atoms with van der Waals surface area (Å²) in [4.78, 5) is 18.6. The molecule has 0 spiro atoms. The van der Waals surface area contributed by atoms with Crippen molar-refractivity contribution in [3.05, 3.63) is 23.0 Å². The van der Waals surface area contributed by atoms with Crippen LogP contribution in [-0.2, 0) is 11.2 Å². The number of amides is 1. The first kappa shape index (κ1) is 13.7. The van der Waals surface area contributed by atoms with Gasteiger partial charge in [-0.15, -0.1) is 0 Å². The van der Waals surface area contributed by atoms with Gasteiger partial charge in [-0.3, -0.25) is 9.89 Å². The van der Waals surface area contributed by atoms with Gasteiger partial charge in [0.25, 0.3) is 0 Å². The van der Waals surface area contributed by atoms with Crippen molar-refractivity contribution in [1.82, 2.24) is 30.4 Å². The van der Waals surface area contributed by atoms with Crippen molar-refractivity contribution in [3.8, 4) is 0 Å². The van der Waals surface area contributed by atoms with E-state index in [1.54, 1.807) is 6.92 Å². The van der Waals surface area contributed by atoms with Gasteiger partial charge >= 0.3 is 0 Å². The Morgan fingerprint density at radius 2 is 2.29 bits per heavy atom. The highest BCUT2D eigenvalue weighted by Crippen LogP contribution is 2.24. The van der Waals surface area contributed by atoms with Crippen molar-refractivity contribution < 1.29 is 9.42 Å². The number of piperidine rings is 1. The summed E-state index contributed by atoms with van der Waals surface area (Å²) in [5.74, 6) is 1.84. The van der Waals surface area contributed by atoms with Crippen molar-refractivity contribution in [3.63, 3.8) is 0 Å². The maximum Gasteiger partial charge on any atom is 0.228 e. The number of aryl methyl sites for hydroxylation is 2. The molecule has 112 valence electrons. The Kier molecular flexibility index (Phi) is 3.68. The second kappa shape index (κ2) is 5.63. The predicted octanol–water partition coefficient (Wildman–Crippen LogP) is 0.753. The molecule has 1 aliphatic rings. The van der Waals surface area contributed by atoms with Crippen LogP contribution < -0.4 is 0 Å². The summed E-state index contributed by atoms with van der Waals surface area (Å²) >= 11 is 0. The minimum atomic E-state index is 0.0470. The third kappa shape index (κ3) is 2.93. The van der Waals surface area contributed by atoms with Crippen LogP contribution >= 0.6 is 0 Å². The van der Waals surface area contributed by atoms with E-state index < -0.39 is 0 Å². The molecule has 1 fully saturated rings. The van der Waals surface area contributed by atoms with Gasteiger partial charge in [0, 0.05) is 19.0 Å². The fraction of sp³-hybridized carbons (Fsp3) is 0.615. The van der Waals surface area contributed by atoms with Crippen LogP contribution in [0.15, 0.2) is 4.63 Å². The van der Waals surface area contributed by atoms with E-state index in [2.05, 4.69) is 30.1 Å². The van der Waals surface area contributed by atoms with Gasteiger partial charge < -0.3 is 4.90 Å². The molecule has 8 heteroatoms. The van der Waals surface area contributed by atoms with Crippen molar-refractivity contribution in [2.45, 2.75) is 39.0 Å². The zero-order valence-electron chi connectivity index (χ0n) is 12.2. The zero-order valence-corrected chi connectivity index (χ0v) is 12.2. The van der Waals surface area contributed by atoms with Crippen molar-refractivity contribution in [2.24, 2.45) is 0 Å².